The maximum Gasteiger partial charge on any atom is 0.323 e. The lowest BCUT2D eigenvalue weighted by molar-refractivity contribution is -0.137. The van der Waals surface area contributed by atoms with Gasteiger partial charge < -0.3 is 61.3 Å². The number of ether oxygens (including phenoxy) is 4. The van der Waals surface area contributed by atoms with E-state index in [2.05, 4.69) is 37.2 Å². The Morgan fingerprint density at radius 3 is 0.846 bits per heavy atom. The number of urea groups is 3. The first kappa shape index (κ1) is 67.4. The fourth-order valence-corrected chi connectivity index (χ4v) is 11.1. The van der Waals surface area contributed by atoms with E-state index in [1.54, 1.807) is 0 Å². The third-order valence-electron chi connectivity index (χ3n) is 15.4. The number of rotatable bonds is 28. The molecule has 17 heteroatoms. The molecule has 0 aromatic heterocycles. The number of carbonyl (C=O) groups is 5. The first-order valence-corrected chi connectivity index (χ1v) is 32.1. The molecule has 1 aliphatic carbocycles. The van der Waals surface area contributed by atoms with Gasteiger partial charge in [0.05, 0.1) is 26.4 Å². The van der Waals surface area contributed by atoms with Crippen molar-refractivity contribution in [1.29, 1.82) is 0 Å². The Kier molecular flexibility index (Phi) is 25.1. The first-order valence-electron chi connectivity index (χ1n) is 32.1. The van der Waals surface area contributed by atoms with Gasteiger partial charge in [-0.3, -0.25) is 9.59 Å². The van der Waals surface area contributed by atoms with E-state index < -0.39 is 24.1 Å². The Morgan fingerprint density at radius 2 is 0.582 bits per heavy atom. The molecule has 91 heavy (non-hydrogen) atoms. The van der Waals surface area contributed by atoms with E-state index in [9.17, 15) is 24.0 Å². The number of carboxylic acids is 1. The van der Waals surface area contributed by atoms with Crippen LogP contribution in [0.2, 0.25) is 0 Å². The van der Waals surface area contributed by atoms with E-state index in [1.165, 1.54) is 6.92 Å². The highest BCUT2D eigenvalue weighted by molar-refractivity contribution is 6.02. The van der Waals surface area contributed by atoms with Crippen molar-refractivity contribution in [2.45, 2.75) is 151 Å². The molecule has 0 unspecified atom stereocenters. The van der Waals surface area contributed by atoms with Gasteiger partial charge in [0.2, 0.25) is 5.91 Å². The van der Waals surface area contributed by atoms with Crippen LogP contribution in [0.1, 0.15) is 166 Å². The van der Waals surface area contributed by atoms with E-state index in [4.69, 9.17) is 24.1 Å². The van der Waals surface area contributed by atoms with Gasteiger partial charge in [-0.25, -0.2) is 14.4 Å². The van der Waals surface area contributed by atoms with E-state index in [0.29, 0.717) is 115 Å². The molecule has 1 aliphatic rings. The van der Waals surface area contributed by atoms with Crippen molar-refractivity contribution in [3.05, 3.63) is 183 Å². The van der Waals surface area contributed by atoms with Crippen LogP contribution >= 0.6 is 0 Å². The highest BCUT2D eigenvalue weighted by Gasteiger charge is 2.26. The molecule has 0 saturated heterocycles. The highest BCUT2D eigenvalue weighted by atomic mass is 16.5. The van der Waals surface area contributed by atoms with E-state index >= 15 is 0 Å². The number of hydrogen-bond donors (Lipinski definition) is 8. The minimum Gasteiger partial charge on any atom is -0.493 e. The molecule has 0 spiro atoms. The molecule has 8 bridgehead atoms. The number of aryl methyl sites for hydroxylation is 3. The summed E-state index contributed by atoms with van der Waals surface area (Å²) >= 11 is 0. The Bertz CT molecular complexity index is 3450. The van der Waals surface area contributed by atoms with Crippen LogP contribution in [0.3, 0.4) is 0 Å². The number of nitrogens with one attached hydrogen (secondary N) is 7. The summed E-state index contributed by atoms with van der Waals surface area (Å²) in [5, 5.41) is 30.6. The number of unbranched alkanes of at least 4 members (excludes halogenated alkanes) is 7. The van der Waals surface area contributed by atoms with Crippen LogP contribution in [-0.2, 0) is 35.3 Å². The Hall–Kier alpha value is -9.51. The van der Waals surface area contributed by atoms with Crippen molar-refractivity contribution in [3.8, 4) is 23.0 Å². The minimum absolute atomic E-state index is 0.193. The second-order valence-electron chi connectivity index (χ2n) is 23.6. The van der Waals surface area contributed by atoms with Gasteiger partial charge in [0, 0.05) is 123 Å². The second kappa shape index (κ2) is 33.9. The van der Waals surface area contributed by atoms with E-state index in [1.807, 2.05) is 163 Å². The lowest BCUT2D eigenvalue weighted by Gasteiger charge is -2.25. The number of carboxylic acid groups (broad SMARTS) is 1. The predicted octanol–water partition coefficient (Wildman–Crippen LogP) is 17.5. The van der Waals surface area contributed by atoms with Crippen LogP contribution in [0.25, 0.3) is 0 Å². The van der Waals surface area contributed by atoms with E-state index in [0.717, 1.165) is 106 Å². The van der Waals surface area contributed by atoms with Gasteiger partial charge in [-0.2, -0.15) is 0 Å². The number of anilines is 7. The average Bonchev–Trinajstić information content (AvgIpc) is 0.801. The maximum atomic E-state index is 14.1. The van der Waals surface area contributed by atoms with Gasteiger partial charge in [-0.1, -0.05) is 112 Å². The van der Waals surface area contributed by atoms with Crippen LogP contribution in [0, 0.1) is 20.8 Å². The van der Waals surface area contributed by atoms with Crippen molar-refractivity contribution in [2.24, 2.45) is 0 Å². The van der Waals surface area contributed by atoms with Gasteiger partial charge in [-0.05, 0) is 138 Å². The SMILES string of the molecule is CCCOc1c2cc(NC(=O)Nc3ccc(C)cc3)cc1Cc1cc(NC(=O)Nc3ccc(C)cc3)cc(c1OCCC)Cc1cc(NC(C)=O)cc(c1OCCCCCCCCCCC(=O)O)Cc1cc(NC(=O)Nc3ccc(C)cc3)cc(c1OCCC)C2. The molecular formula is C74H89N7O10. The fourth-order valence-electron chi connectivity index (χ4n) is 11.1. The molecule has 0 saturated carbocycles. The topological polar surface area (TPSA) is 227 Å². The lowest BCUT2D eigenvalue weighted by Crippen LogP contribution is -2.20. The standard InChI is InChI=1S/C74H89N7O10/c1-8-32-88-68-54-36-52-40-63(75-51(7)82)41-53(71(52)91-35-18-16-14-12-11-13-15-17-19-67(83)84)37-55-43-65(80-73(86)77-61-28-22-49(5)23-29-61)45-57(69(55)89-33-9-2)39-59-47-66(81-74(87)78-62-30-24-50(6)25-31-62)46-58(70(59)90-34-10-3)38-56(68)44-64(42-54)79-72(85)76-60-26-20-48(4)21-27-60/h20-31,40-47H,8-19,32-39H2,1-7H3,(H,75,82)(H,83,84)(H2,76,79,85)(H2,77,80,86)(H2,78,81,87). The molecule has 7 aromatic carbocycles. The summed E-state index contributed by atoms with van der Waals surface area (Å²) in [6.45, 7) is 15.0. The zero-order valence-corrected chi connectivity index (χ0v) is 53.8. The molecular weight excluding hydrogens is 1150 g/mol. The quantitative estimate of drug-likeness (QED) is 0.0216. The zero-order chi connectivity index (χ0) is 64.7. The molecule has 8 rings (SSSR count). The summed E-state index contributed by atoms with van der Waals surface area (Å²) in [7, 11) is 0. The van der Waals surface area contributed by atoms with Gasteiger partial charge >= 0.3 is 24.1 Å². The predicted molar refractivity (Wildman–Crippen MR) is 365 cm³/mol. The molecule has 0 radical (unpaired) electrons. The average molecular weight is 1240 g/mol. The third kappa shape index (κ3) is 20.8. The zero-order valence-electron chi connectivity index (χ0n) is 53.8. The van der Waals surface area contributed by atoms with E-state index in [-0.39, 0.29) is 38.0 Å². The van der Waals surface area contributed by atoms with Gasteiger partial charge in [-0.15, -0.1) is 0 Å². The molecule has 8 N–H and O–H groups in total. The summed E-state index contributed by atoms with van der Waals surface area (Å²) in [4.78, 5) is 66.7. The van der Waals surface area contributed by atoms with Crippen molar-refractivity contribution < 1.29 is 48.0 Å². The molecule has 0 atom stereocenters. The Balaban J connectivity index is 1.34. The Labute approximate surface area is 535 Å². The number of benzene rings is 7. The van der Waals surface area contributed by atoms with Gasteiger partial charge in [0.25, 0.3) is 0 Å². The second-order valence-corrected chi connectivity index (χ2v) is 23.6. The molecule has 0 aliphatic heterocycles. The summed E-state index contributed by atoms with van der Waals surface area (Å²) in [5.41, 5.74) is 12.8. The normalized spacial score (nSPS) is 11.6. The summed E-state index contributed by atoms with van der Waals surface area (Å²) < 4.78 is 27.8. The highest BCUT2D eigenvalue weighted by Crippen LogP contribution is 2.43. The van der Waals surface area contributed by atoms with Crippen molar-refractivity contribution in [3.63, 3.8) is 0 Å². The number of aliphatic carboxylic acids is 1. The third-order valence-corrected chi connectivity index (χ3v) is 15.4. The summed E-state index contributed by atoms with van der Waals surface area (Å²) in [6.07, 6.45) is 10.4. The summed E-state index contributed by atoms with van der Waals surface area (Å²) in [5.74, 6) is 1.36. The Morgan fingerprint density at radius 1 is 0.341 bits per heavy atom. The first-order chi connectivity index (χ1) is 44.0. The maximum absolute atomic E-state index is 14.1. The largest absolute Gasteiger partial charge is 0.493 e. The van der Waals surface area contributed by atoms with Gasteiger partial charge in [0.1, 0.15) is 23.0 Å². The molecule has 0 heterocycles. The number of amides is 7. The molecule has 17 nitrogen and oxygen atoms in total. The van der Waals surface area contributed by atoms with Gasteiger partial charge in [0.15, 0.2) is 0 Å². The van der Waals surface area contributed by atoms with Crippen LogP contribution in [0.5, 0.6) is 23.0 Å². The molecule has 7 aromatic rings. The number of fused-ring (bicyclic) bond motifs is 8. The molecule has 480 valence electrons. The summed E-state index contributed by atoms with van der Waals surface area (Å²) in [6, 6.07) is 36.8. The van der Waals surface area contributed by atoms with Crippen LogP contribution in [0.4, 0.5) is 54.2 Å². The molecule has 0 fully saturated rings. The molecule has 7 amide bonds. The van der Waals surface area contributed by atoms with Crippen LogP contribution in [-0.4, -0.2) is 61.5 Å². The number of hydrogen-bond acceptors (Lipinski definition) is 9. The smallest absolute Gasteiger partial charge is 0.323 e. The van der Waals surface area contributed by atoms with Crippen LogP contribution < -0.4 is 56.2 Å². The minimum atomic E-state index is -0.761. The fraction of sp³-hybridized carbons (Fsp3) is 0.365. The lowest BCUT2D eigenvalue weighted by atomic mass is 9.90. The monoisotopic (exact) mass is 1240 g/mol. The van der Waals surface area contributed by atoms with Crippen LogP contribution in [0.15, 0.2) is 121 Å². The van der Waals surface area contributed by atoms with Crippen molar-refractivity contribution >= 4 is 69.8 Å². The number of carbonyl (C=O) groups excluding carboxylic acids is 4. The van der Waals surface area contributed by atoms with Crippen molar-refractivity contribution in [1.82, 2.24) is 0 Å². The van der Waals surface area contributed by atoms with Crippen molar-refractivity contribution in [2.75, 3.05) is 63.6 Å².